The Bertz CT molecular complexity index is 842. The predicted molar refractivity (Wildman–Crippen MR) is 88.6 cm³/mol. The van der Waals surface area contributed by atoms with Crippen molar-refractivity contribution in [2.24, 2.45) is 0 Å². The topological polar surface area (TPSA) is 59.8 Å². The SMILES string of the molecule is O=C(/C=C/c1cccc(F)c1)NCc1ccc(-n2ccnc2)nc1. The smallest absolute Gasteiger partial charge is 0.244 e. The monoisotopic (exact) mass is 322 g/mol. The summed E-state index contributed by atoms with van der Waals surface area (Å²) in [6, 6.07) is 9.79. The molecule has 0 spiro atoms. The van der Waals surface area contributed by atoms with Crippen molar-refractivity contribution >= 4 is 12.0 Å². The largest absolute Gasteiger partial charge is 0.348 e. The second-order valence-electron chi connectivity index (χ2n) is 5.10. The van der Waals surface area contributed by atoms with Crippen LogP contribution in [0.3, 0.4) is 0 Å². The number of nitrogens with one attached hydrogen (secondary N) is 1. The quantitative estimate of drug-likeness (QED) is 0.735. The third-order valence-corrected chi connectivity index (χ3v) is 3.32. The Kier molecular flexibility index (Phi) is 4.76. The number of pyridine rings is 1. The molecule has 0 saturated heterocycles. The summed E-state index contributed by atoms with van der Waals surface area (Å²) < 4.78 is 14.8. The number of aromatic nitrogens is 3. The van der Waals surface area contributed by atoms with Crippen molar-refractivity contribution in [1.82, 2.24) is 19.9 Å². The lowest BCUT2D eigenvalue weighted by Gasteiger charge is -2.04. The lowest BCUT2D eigenvalue weighted by atomic mass is 10.2. The van der Waals surface area contributed by atoms with Crippen LogP contribution >= 0.6 is 0 Å². The normalized spacial score (nSPS) is 10.9. The molecule has 0 saturated carbocycles. The molecule has 0 radical (unpaired) electrons. The van der Waals surface area contributed by atoms with Gasteiger partial charge in [0.15, 0.2) is 0 Å². The summed E-state index contributed by atoms with van der Waals surface area (Å²) >= 11 is 0. The van der Waals surface area contributed by atoms with E-state index in [1.165, 1.54) is 18.2 Å². The van der Waals surface area contributed by atoms with Crippen LogP contribution in [0.5, 0.6) is 0 Å². The maximum absolute atomic E-state index is 13.0. The molecule has 6 heteroatoms. The van der Waals surface area contributed by atoms with E-state index in [2.05, 4.69) is 15.3 Å². The number of benzene rings is 1. The zero-order valence-electron chi connectivity index (χ0n) is 12.8. The average molecular weight is 322 g/mol. The molecule has 0 unspecified atom stereocenters. The van der Waals surface area contributed by atoms with Crippen LogP contribution in [0.15, 0.2) is 67.4 Å². The molecule has 1 amide bonds. The molecule has 0 aliphatic carbocycles. The number of carbonyl (C=O) groups excluding carboxylic acids is 1. The maximum atomic E-state index is 13.0. The van der Waals surface area contributed by atoms with Crippen molar-refractivity contribution in [2.75, 3.05) is 0 Å². The third-order valence-electron chi connectivity index (χ3n) is 3.32. The molecule has 0 bridgehead atoms. The molecule has 120 valence electrons. The van der Waals surface area contributed by atoms with Crippen LogP contribution in [0.25, 0.3) is 11.9 Å². The summed E-state index contributed by atoms with van der Waals surface area (Å²) in [5, 5.41) is 2.76. The van der Waals surface area contributed by atoms with Gasteiger partial charge in [0.1, 0.15) is 18.0 Å². The molecule has 1 aromatic carbocycles. The minimum Gasteiger partial charge on any atom is -0.348 e. The summed E-state index contributed by atoms with van der Waals surface area (Å²) in [5.74, 6) is 0.174. The molecule has 24 heavy (non-hydrogen) atoms. The van der Waals surface area contributed by atoms with E-state index in [4.69, 9.17) is 0 Å². The van der Waals surface area contributed by atoms with Gasteiger partial charge in [-0.25, -0.2) is 14.4 Å². The average Bonchev–Trinajstić information content (AvgIpc) is 3.13. The van der Waals surface area contributed by atoms with Crippen LogP contribution in [0.4, 0.5) is 4.39 Å². The van der Waals surface area contributed by atoms with Crippen LogP contribution in [-0.2, 0) is 11.3 Å². The number of hydrogen-bond donors (Lipinski definition) is 1. The van der Waals surface area contributed by atoms with Gasteiger partial charge in [-0.2, -0.15) is 0 Å². The minimum atomic E-state index is -0.332. The van der Waals surface area contributed by atoms with Crippen molar-refractivity contribution in [3.05, 3.63) is 84.3 Å². The van der Waals surface area contributed by atoms with Gasteiger partial charge in [0.25, 0.3) is 0 Å². The Morgan fingerprint density at radius 3 is 2.92 bits per heavy atom. The van der Waals surface area contributed by atoms with Crippen molar-refractivity contribution in [3.8, 4) is 5.82 Å². The first-order valence-electron chi connectivity index (χ1n) is 7.35. The van der Waals surface area contributed by atoms with Gasteiger partial charge in [0.2, 0.25) is 5.91 Å². The van der Waals surface area contributed by atoms with E-state index in [0.717, 1.165) is 11.4 Å². The number of halogens is 1. The van der Waals surface area contributed by atoms with Gasteiger partial charge in [0, 0.05) is 31.2 Å². The number of imidazole rings is 1. The van der Waals surface area contributed by atoms with E-state index in [0.29, 0.717) is 12.1 Å². The summed E-state index contributed by atoms with van der Waals surface area (Å²) in [6.07, 6.45) is 9.80. The highest BCUT2D eigenvalue weighted by Gasteiger charge is 2.00. The van der Waals surface area contributed by atoms with E-state index in [9.17, 15) is 9.18 Å². The van der Waals surface area contributed by atoms with E-state index in [1.54, 1.807) is 47.7 Å². The first-order chi connectivity index (χ1) is 11.7. The fraction of sp³-hybridized carbons (Fsp3) is 0.0556. The highest BCUT2D eigenvalue weighted by molar-refractivity contribution is 5.91. The lowest BCUT2D eigenvalue weighted by Crippen LogP contribution is -2.20. The number of nitrogens with zero attached hydrogens (tertiary/aromatic N) is 3. The molecular formula is C18H15FN4O. The summed E-state index contributed by atoms with van der Waals surface area (Å²) in [4.78, 5) is 20.1. The molecule has 0 aliphatic heterocycles. The summed E-state index contributed by atoms with van der Waals surface area (Å²) in [5.41, 5.74) is 1.52. The zero-order chi connectivity index (χ0) is 16.8. The zero-order valence-corrected chi connectivity index (χ0v) is 12.8. The Morgan fingerprint density at radius 1 is 1.29 bits per heavy atom. The second-order valence-corrected chi connectivity index (χ2v) is 5.10. The maximum Gasteiger partial charge on any atom is 0.244 e. The van der Waals surface area contributed by atoms with Gasteiger partial charge >= 0.3 is 0 Å². The fourth-order valence-electron chi connectivity index (χ4n) is 2.10. The van der Waals surface area contributed by atoms with Crippen molar-refractivity contribution in [1.29, 1.82) is 0 Å². The highest BCUT2D eigenvalue weighted by atomic mass is 19.1. The number of hydrogen-bond acceptors (Lipinski definition) is 3. The van der Waals surface area contributed by atoms with Crippen molar-refractivity contribution in [3.63, 3.8) is 0 Å². The van der Waals surface area contributed by atoms with E-state index in [-0.39, 0.29) is 11.7 Å². The standard InChI is InChI=1S/C18H15FN4O/c19-16-3-1-2-14(10-16)5-7-18(24)22-12-15-4-6-17(21-11-15)23-9-8-20-13-23/h1-11,13H,12H2,(H,22,24)/b7-5+. The molecule has 3 rings (SSSR count). The molecule has 1 N–H and O–H groups in total. The number of carbonyl (C=O) groups is 1. The highest BCUT2D eigenvalue weighted by Crippen LogP contribution is 2.06. The van der Waals surface area contributed by atoms with E-state index in [1.807, 2.05) is 12.1 Å². The molecule has 0 fully saturated rings. The Labute approximate surface area is 138 Å². The van der Waals surface area contributed by atoms with Gasteiger partial charge in [-0.05, 0) is 35.4 Å². The molecule has 3 aromatic rings. The summed E-state index contributed by atoms with van der Waals surface area (Å²) in [6.45, 7) is 0.365. The van der Waals surface area contributed by atoms with Gasteiger partial charge in [0.05, 0.1) is 0 Å². The van der Waals surface area contributed by atoms with Gasteiger partial charge < -0.3 is 5.32 Å². The van der Waals surface area contributed by atoms with E-state index < -0.39 is 0 Å². The first-order valence-corrected chi connectivity index (χ1v) is 7.35. The van der Waals surface area contributed by atoms with Crippen LogP contribution in [0.2, 0.25) is 0 Å². The van der Waals surface area contributed by atoms with Gasteiger partial charge in [-0.15, -0.1) is 0 Å². The van der Waals surface area contributed by atoms with Crippen molar-refractivity contribution < 1.29 is 9.18 Å². The van der Waals surface area contributed by atoms with E-state index >= 15 is 0 Å². The van der Waals surface area contributed by atoms with Crippen molar-refractivity contribution in [2.45, 2.75) is 6.54 Å². The first kappa shape index (κ1) is 15.6. The van der Waals surface area contributed by atoms with Crippen LogP contribution in [-0.4, -0.2) is 20.4 Å². The second kappa shape index (κ2) is 7.32. The fourth-order valence-corrected chi connectivity index (χ4v) is 2.10. The molecule has 2 heterocycles. The molecule has 2 aromatic heterocycles. The molecule has 0 atom stereocenters. The van der Waals surface area contributed by atoms with Crippen LogP contribution in [0.1, 0.15) is 11.1 Å². The Balaban J connectivity index is 1.54. The Morgan fingerprint density at radius 2 is 2.21 bits per heavy atom. The summed E-state index contributed by atoms with van der Waals surface area (Å²) in [7, 11) is 0. The predicted octanol–water partition coefficient (Wildman–Crippen LogP) is 2.74. The van der Waals surface area contributed by atoms with Crippen LogP contribution < -0.4 is 5.32 Å². The molecular weight excluding hydrogens is 307 g/mol. The number of amides is 1. The van der Waals surface area contributed by atoms with Gasteiger partial charge in [-0.3, -0.25) is 9.36 Å². The minimum absolute atomic E-state index is 0.252. The lowest BCUT2D eigenvalue weighted by molar-refractivity contribution is -0.116. The third kappa shape index (κ3) is 4.13. The molecule has 0 aliphatic rings. The van der Waals surface area contributed by atoms with Gasteiger partial charge in [-0.1, -0.05) is 18.2 Å². The Hall–Kier alpha value is -3.28. The molecule has 5 nitrogen and oxygen atoms in total. The number of rotatable bonds is 5. The van der Waals surface area contributed by atoms with Crippen LogP contribution in [0, 0.1) is 5.82 Å².